The molecule has 0 aromatic heterocycles. The van der Waals surface area contributed by atoms with Gasteiger partial charge in [-0.25, -0.2) is 4.39 Å². The number of nitrogens with zero attached hydrogens (tertiary/aromatic N) is 2. The van der Waals surface area contributed by atoms with Crippen LogP contribution in [0.15, 0.2) is 46.9 Å². The van der Waals surface area contributed by atoms with Gasteiger partial charge in [0.15, 0.2) is 5.84 Å². The van der Waals surface area contributed by atoms with Crippen LogP contribution in [0.4, 0.5) is 10.1 Å². The van der Waals surface area contributed by atoms with Crippen LogP contribution in [0, 0.1) is 11.7 Å². The van der Waals surface area contributed by atoms with Crippen LogP contribution in [0.5, 0.6) is 5.75 Å². The highest BCUT2D eigenvalue weighted by molar-refractivity contribution is 7.91. The number of likely N-dealkylation sites (tertiary alicyclic amines) is 1. The standard InChI is InChI=1S/C20H21FN4O4S/c21-15-8-6-14(7-9-15)20(26)25-10-2-3-13(11-25)12-29-17-5-1-4-16-18(17)19(22)24-30(27,28)23-16/h1,4-9,13,23H,2-3,10-12H2,(H2,22,24)/t13-/m0/s1. The van der Waals surface area contributed by atoms with Crippen molar-refractivity contribution in [2.24, 2.45) is 16.0 Å². The van der Waals surface area contributed by atoms with E-state index < -0.39 is 10.2 Å². The Morgan fingerprint density at radius 3 is 2.80 bits per heavy atom. The number of ether oxygens (including phenoxy) is 1. The van der Waals surface area contributed by atoms with Crippen molar-refractivity contribution < 1.29 is 22.3 Å². The third-order valence-corrected chi connectivity index (χ3v) is 6.03. The van der Waals surface area contributed by atoms with Gasteiger partial charge in [-0.15, -0.1) is 4.40 Å². The third kappa shape index (κ3) is 4.23. The van der Waals surface area contributed by atoms with Gasteiger partial charge in [0.1, 0.15) is 11.6 Å². The SMILES string of the molecule is NC1=NS(=O)(=O)Nc2cccc(OC[C@H]3CCCN(C(=O)c4ccc(F)cc4)C3)c21. The summed E-state index contributed by atoms with van der Waals surface area (Å²) in [5.41, 5.74) is 7.01. The molecule has 3 N–H and O–H groups in total. The number of nitrogens with one attached hydrogen (secondary N) is 1. The molecule has 1 fully saturated rings. The topological polar surface area (TPSA) is 114 Å². The molecule has 2 aromatic carbocycles. The number of amidine groups is 1. The van der Waals surface area contributed by atoms with Crippen LogP contribution in [-0.4, -0.2) is 44.8 Å². The van der Waals surface area contributed by atoms with Gasteiger partial charge in [0.25, 0.3) is 5.91 Å². The molecule has 0 radical (unpaired) electrons. The number of amides is 1. The van der Waals surface area contributed by atoms with Crippen molar-refractivity contribution in [3.63, 3.8) is 0 Å². The Morgan fingerprint density at radius 1 is 1.27 bits per heavy atom. The van der Waals surface area contributed by atoms with Gasteiger partial charge in [-0.2, -0.15) is 8.42 Å². The Kier molecular flexibility index (Phi) is 5.33. The maximum absolute atomic E-state index is 13.1. The first-order valence-corrected chi connectivity index (χ1v) is 11.0. The molecule has 2 aliphatic heterocycles. The molecule has 0 aliphatic carbocycles. The molecule has 8 nitrogen and oxygen atoms in total. The number of carbonyl (C=O) groups is 1. The molecule has 2 aromatic rings. The van der Waals surface area contributed by atoms with E-state index in [1.165, 1.54) is 24.3 Å². The zero-order valence-corrected chi connectivity index (χ0v) is 16.9. The molecule has 0 unspecified atom stereocenters. The van der Waals surface area contributed by atoms with Crippen LogP contribution in [0.25, 0.3) is 0 Å². The highest BCUT2D eigenvalue weighted by Crippen LogP contribution is 2.31. The fourth-order valence-electron chi connectivity index (χ4n) is 3.71. The molecule has 4 rings (SSSR count). The van der Waals surface area contributed by atoms with Gasteiger partial charge in [-0.1, -0.05) is 6.07 Å². The summed E-state index contributed by atoms with van der Waals surface area (Å²) in [4.78, 5) is 14.4. The predicted octanol–water partition coefficient (Wildman–Crippen LogP) is 2.13. The van der Waals surface area contributed by atoms with Gasteiger partial charge in [-0.3, -0.25) is 9.52 Å². The lowest BCUT2D eigenvalue weighted by molar-refractivity contribution is 0.0633. The molecule has 0 saturated carbocycles. The van der Waals surface area contributed by atoms with Gasteiger partial charge in [0.05, 0.1) is 17.9 Å². The Hall–Kier alpha value is -3.14. The van der Waals surface area contributed by atoms with Crippen LogP contribution in [0.2, 0.25) is 0 Å². The van der Waals surface area contributed by atoms with E-state index in [1.807, 2.05) is 0 Å². The van der Waals surface area contributed by atoms with E-state index in [4.69, 9.17) is 10.5 Å². The number of hydrogen-bond acceptors (Lipinski definition) is 5. The number of rotatable bonds is 4. The maximum Gasteiger partial charge on any atom is 0.344 e. The van der Waals surface area contributed by atoms with Crippen LogP contribution in [-0.2, 0) is 10.2 Å². The fraction of sp³-hybridized carbons (Fsp3) is 0.300. The van der Waals surface area contributed by atoms with Crippen LogP contribution in [0.1, 0.15) is 28.8 Å². The molecule has 1 saturated heterocycles. The largest absolute Gasteiger partial charge is 0.492 e. The summed E-state index contributed by atoms with van der Waals surface area (Å²) in [6, 6.07) is 10.5. The second kappa shape index (κ2) is 7.94. The molecule has 1 amide bonds. The second-order valence-electron chi connectivity index (χ2n) is 7.31. The van der Waals surface area contributed by atoms with E-state index in [1.54, 1.807) is 23.1 Å². The van der Waals surface area contributed by atoms with Crippen molar-refractivity contribution in [2.45, 2.75) is 12.8 Å². The summed E-state index contributed by atoms with van der Waals surface area (Å²) in [5.74, 6) is -0.123. The number of carbonyl (C=O) groups excluding carboxylic acids is 1. The summed E-state index contributed by atoms with van der Waals surface area (Å²) in [6.07, 6.45) is 1.72. The van der Waals surface area contributed by atoms with E-state index in [2.05, 4.69) is 9.12 Å². The number of benzene rings is 2. The minimum absolute atomic E-state index is 0.0949. The highest BCUT2D eigenvalue weighted by Gasteiger charge is 2.27. The third-order valence-electron chi connectivity index (χ3n) is 5.11. The minimum atomic E-state index is -3.85. The molecule has 158 valence electrons. The van der Waals surface area contributed by atoms with Gasteiger partial charge in [0.2, 0.25) is 0 Å². The number of fused-ring (bicyclic) bond motifs is 1. The molecule has 2 heterocycles. The zero-order chi connectivity index (χ0) is 21.3. The van der Waals surface area contributed by atoms with E-state index in [9.17, 15) is 17.6 Å². The summed E-state index contributed by atoms with van der Waals surface area (Å²) < 4.78 is 48.3. The minimum Gasteiger partial charge on any atom is -0.492 e. The van der Waals surface area contributed by atoms with Gasteiger partial charge in [-0.05, 0) is 49.2 Å². The normalized spacial score (nSPS) is 20.0. The average Bonchev–Trinajstić information content (AvgIpc) is 2.71. The first kappa shape index (κ1) is 20.1. The van der Waals surface area contributed by atoms with Gasteiger partial charge in [0, 0.05) is 24.6 Å². The average molecular weight is 432 g/mol. The predicted molar refractivity (Wildman–Crippen MR) is 110 cm³/mol. The molecule has 0 bridgehead atoms. The Balaban J connectivity index is 1.44. The molecular weight excluding hydrogens is 411 g/mol. The summed E-state index contributed by atoms with van der Waals surface area (Å²) in [5, 5.41) is 0. The van der Waals surface area contributed by atoms with Gasteiger partial charge >= 0.3 is 10.2 Å². The number of nitrogens with two attached hydrogens (primary N) is 1. The summed E-state index contributed by atoms with van der Waals surface area (Å²) in [6.45, 7) is 1.49. The monoisotopic (exact) mass is 432 g/mol. The van der Waals surface area contributed by atoms with Crippen molar-refractivity contribution in [1.29, 1.82) is 0 Å². The lowest BCUT2D eigenvalue weighted by atomic mass is 9.98. The molecule has 10 heteroatoms. The van der Waals surface area contributed by atoms with Crippen molar-refractivity contribution >= 4 is 27.6 Å². The van der Waals surface area contributed by atoms with Crippen molar-refractivity contribution in [2.75, 3.05) is 24.4 Å². The lowest BCUT2D eigenvalue weighted by Crippen LogP contribution is -2.41. The van der Waals surface area contributed by atoms with Crippen LogP contribution >= 0.6 is 0 Å². The zero-order valence-electron chi connectivity index (χ0n) is 16.0. The first-order valence-electron chi connectivity index (χ1n) is 9.51. The van der Waals surface area contributed by atoms with Crippen molar-refractivity contribution in [1.82, 2.24) is 4.90 Å². The molecular formula is C20H21FN4O4S. The number of anilines is 1. The van der Waals surface area contributed by atoms with Crippen LogP contribution < -0.4 is 15.2 Å². The first-order chi connectivity index (χ1) is 14.3. The number of piperidine rings is 1. The number of halogens is 1. The van der Waals surface area contributed by atoms with Crippen molar-refractivity contribution in [3.05, 3.63) is 59.4 Å². The van der Waals surface area contributed by atoms with Crippen molar-refractivity contribution in [3.8, 4) is 5.75 Å². The van der Waals surface area contributed by atoms with E-state index in [0.29, 0.717) is 42.3 Å². The number of hydrogen-bond donors (Lipinski definition) is 2. The maximum atomic E-state index is 13.1. The molecule has 30 heavy (non-hydrogen) atoms. The lowest BCUT2D eigenvalue weighted by Gasteiger charge is -2.33. The van der Waals surface area contributed by atoms with E-state index in [-0.39, 0.29) is 23.5 Å². The highest BCUT2D eigenvalue weighted by atomic mass is 32.2. The summed E-state index contributed by atoms with van der Waals surface area (Å²) in [7, 11) is -3.85. The smallest absolute Gasteiger partial charge is 0.344 e. The van der Waals surface area contributed by atoms with E-state index in [0.717, 1.165) is 12.8 Å². The summed E-state index contributed by atoms with van der Waals surface area (Å²) >= 11 is 0. The Labute approximate surface area is 173 Å². The fourth-order valence-corrected chi connectivity index (χ4v) is 4.55. The second-order valence-corrected chi connectivity index (χ2v) is 8.65. The molecule has 2 aliphatic rings. The van der Waals surface area contributed by atoms with Gasteiger partial charge < -0.3 is 15.4 Å². The van der Waals surface area contributed by atoms with E-state index >= 15 is 0 Å². The quantitative estimate of drug-likeness (QED) is 0.768. The molecule has 1 atom stereocenters. The van der Waals surface area contributed by atoms with Crippen LogP contribution in [0.3, 0.4) is 0 Å². The Bertz CT molecular complexity index is 1100. The Morgan fingerprint density at radius 2 is 2.03 bits per heavy atom. The molecule has 0 spiro atoms.